The van der Waals surface area contributed by atoms with Crippen LogP contribution in [0.3, 0.4) is 0 Å². The lowest BCUT2D eigenvalue weighted by Crippen LogP contribution is -2.34. The van der Waals surface area contributed by atoms with E-state index in [0.717, 1.165) is 21.9 Å². The maximum absolute atomic E-state index is 6.08. The topological polar surface area (TPSA) is 83.2 Å². The van der Waals surface area contributed by atoms with Gasteiger partial charge in [0.1, 0.15) is 24.7 Å². The Morgan fingerprint density at radius 1 is 0.714 bits per heavy atom. The van der Waals surface area contributed by atoms with Crippen LogP contribution in [-0.4, -0.2) is 34.2 Å². The minimum atomic E-state index is -0.267. The van der Waals surface area contributed by atoms with Crippen LogP contribution in [0.1, 0.15) is 0 Å². The fraction of sp³-hybridized carbons (Fsp3) is 0.136. The van der Waals surface area contributed by atoms with Gasteiger partial charge in [0.15, 0.2) is 0 Å². The van der Waals surface area contributed by atoms with Crippen molar-refractivity contribution in [1.29, 1.82) is 0 Å². The monoisotopic (exact) mass is 372 g/mol. The van der Waals surface area contributed by atoms with Crippen molar-refractivity contribution in [2.45, 2.75) is 6.04 Å². The van der Waals surface area contributed by atoms with Crippen LogP contribution in [0.25, 0.3) is 21.9 Å². The van der Waals surface area contributed by atoms with Crippen molar-refractivity contribution in [2.75, 3.05) is 13.2 Å². The molecule has 0 saturated carbocycles. The lowest BCUT2D eigenvalue weighted by molar-refractivity contribution is 0.219. The number of benzene rings is 1. The summed E-state index contributed by atoms with van der Waals surface area (Å²) >= 11 is 0. The van der Waals surface area contributed by atoms with Crippen LogP contribution >= 0.6 is 0 Å². The summed E-state index contributed by atoms with van der Waals surface area (Å²) in [5, 5.41) is 2.24. The van der Waals surface area contributed by atoms with E-state index in [4.69, 9.17) is 15.2 Å². The van der Waals surface area contributed by atoms with Gasteiger partial charge in [0.2, 0.25) is 0 Å². The molecule has 0 aliphatic rings. The number of pyridine rings is 3. The van der Waals surface area contributed by atoms with Gasteiger partial charge in [0.25, 0.3) is 0 Å². The summed E-state index contributed by atoms with van der Waals surface area (Å²) in [6.07, 6.45) is 10.5. The van der Waals surface area contributed by atoms with Gasteiger partial charge in [-0.3, -0.25) is 15.0 Å². The number of hydrogen-bond acceptors (Lipinski definition) is 6. The van der Waals surface area contributed by atoms with E-state index in [2.05, 4.69) is 33.2 Å². The molecular weight excluding hydrogens is 352 g/mol. The summed E-state index contributed by atoms with van der Waals surface area (Å²) in [5.74, 6) is 1.36. The number of ether oxygens (including phenoxy) is 2. The molecule has 0 bridgehead atoms. The Morgan fingerprint density at radius 2 is 1.54 bits per heavy atom. The summed E-state index contributed by atoms with van der Waals surface area (Å²) in [7, 11) is 0. The molecule has 6 heteroatoms. The third-order valence-corrected chi connectivity index (χ3v) is 4.25. The van der Waals surface area contributed by atoms with Gasteiger partial charge in [-0.15, -0.1) is 0 Å². The van der Waals surface area contributed by atoms with E-state index in [9.17, 15) is 0 Å². The van der Waals surface area contributed by atoms with E-state index >= 15 is 0 Å². The van der Waals surface area contributed by atoms with Crippen LogP contribution < -0.4 is 15.2 Å². The van der Waals surface area contributed by atoms with Crippen molar-refractivity contribution in [3.05, 3.63) is 79.6 Å². The van der Waals surface area contributed by atoms with E-state index in [1.54, 1.807) is 24.8 Å². The summed E-state index contributed by atoms with van der Waals surface area (Å²) in [4.78, 5) is 12.4. The second-order valence-electron chi connectivity index (χ2n) is 6.42. The molecule has 0 fully saturated rings. The quantitative estimate of drug-likeness (QED) is 0.535. The molecule has 6 nitrogen and oxygen atoms in total. The lowest BCUT2D eigenvalue weighted by Gasteiger charge is -2.14. The first-order valence-electron chi connectivity index (χ1n) is 8.98. The molecule has 0 aliphatic heterocycles. The Bertz CT molecular complexity index is 1060. The predicted molar refractivity (Wildman–Crippen MR) is 108 cm³/mol. The maximum Gasteiger partial charge on any atom is 0.138 e. The highest BCUT2D eigenvalue weighted by Gasteiger charge is 2.07. The average molecular weight is 372 g/mol. The zero-order valence-corrected chi connectivity index (χ0v) is 15.2. The highest BCUT2D eigenvalue weighted by atomic mass is 16.5. The Balaban J connectivity index is 1.39. The molecule has 3 heterocycles. The van der Waals surface area contributed by atoms with Gasteiger partial charge >= 0.3 is 0 Å². The van der Waals surface area contributed by atoms with Gasteiger partial charge in [-0.2, -0.15) is 0 Å². The van der Waals surface area contributed by atoms with Crippen LogP contribution in [0.2, 0.25) is 0 Å². The van der Waals surface area contributed by atoms with Crippen LogP contribution in [0, 0.1) is 0 Å². The number of rotatable bonds is 7. The molecule has 2 N–H and O–H groups in total. The normalized spacial score (nSPS) is 11.9. The second-order valence-corrected chi connectivity index (χ2v) is 6.42. The van der Waals surface area contributed by atoms with E-state index in [0.29, 0.717) is 24.7 Å². The Labute approximate surface area is 163 Å². The first-order chi connectivity index (χ1) is 13.8. The third-order valence-electron chi connectivity index (χ3n) is 4.25. The molecule has 28 heavy (non-hydrogen) atoms. The Morgan fingerprint density at radius 3 is 2.39 bits per heavy atom. The smallest absolute Gasteiger partial charge is 0.138 e. The van der Waals surface area contributed by atoms with Crippen molar-refractivity contribution in [1.82, 2.24) is 15.0 Å². The van der Waals surface area contributed by atoms with Gasteiger partial charge in [0.05, 0.1) is 18.4 Å². The molecule has 0 unspecified atom stereocenters. The minimum absolute atomic E-state index is 0.267. The van der Waals surface area contributed by atoms with Crippen molar-refractivity contribution in [3.63, 3.8) is 0 Å². The van der Waals surface area contributed by atoms with Gasteiger partial charge in [-0.25, -0.2) is 0 Å². The van der Waals surface area contributed by atoms with Crippen LogP contribution in [-0.2, 0) is 0 Å². The molecule has 4 rings (SSSR count). The Hall–Kier alpha value is -3.51. The predicted octanol–water partition coefficient (Wildman–Crippen LogP) is 3.48. The summed E-state index contributed by atoms with van der Waals surface area (Å²) in [5.41, 5.74) is 8.14. The highest BCUT2D eigenvalue weighted by molar-refractivity contribution is 5.86. The number of fused-ring (bicyclic) bond motifs is 1. The van der Waals surface area contributed by atoms with E-state index < -0.39 is 0 Å². The van der Waals surface area contributed by atoms with E-state index in [1.165, 1.54) is 0 Å². The maximum atomic E-state index is 6.08. The number of nitrogens with zero attached hydrogens (tertiary/aromatic N) is 3. The minimum Gasteiger partial charge on any atom is -0.490 e. The molecule has 1 aromatic carbocycles. The summed E-state index contributed by atoms with van der Waals surface area (Å²) < 4.78 is 11.4. The Kier molecular flexibility index (Phi) is 5.40. The molecule has 0 aliphatic carbocycles. The number of hydrogen-bond donors (Lipinski definition) is 1. The molecule has 3 aromatic heterocycles. The van der Waals surface area contributed by atoms with Gasteiger partial charge < -0.3 is 15.2 Å². The van der Waals surface area contributed by atoms with Gasteiger partial charge in [0, 0.05) is 35.7 Å². The van der Waals surface area contributed by atoms with Crippen molar-refractivity contribution in [2.24, 2.45) is 5.73 Å². The highest BCUT2D eigenvalue weighted by Crippen LogP contribution is 2.26. The summed E-state index contributed by atoms with van der Waals surface area (Å²) in [6, 6.07) is 13.6. The van der Waals surface area contributed by atoms with Gasteiger partial charge in [-0.05, 0) is 41.3 Å². The molecule has 0 saturated heterocycles. The van der Waals surface area contributed by atoms with Crippen LogP contribution in [0.15, 0.2) is 79.6 Å². The average Bonchev–Trinajstić information content (AvgIpc) is 2.77. The molecular formula is C22H20N4O2. The lowest BCUT2D eigenvalue weighted by atomic mass is 10.0. The molecule has 0 radical (unpaired) electrons. The first-order valence-corrected chi connectivity index (χ1v) is 8.98. The number of aromatic nitrogens is 3. The van der Waals surface area contributed by atoms with Crippen molar-refractivity contribution >= 4 is 10.8 Å². The fourth-order valence-corrected chi connectivity index (χ4v) is 2.81. The zero-order valence-electron chi connectivity index (χ0n) is 15.2. The first kappa shape index (κ1) is 17.9. The number of nitrogens with two attached hydrogens (primary N) is 1. The van der Waals surface area contributed by atoms with Crippen LogP contribution in [0.4, 0.5) is 0 Å². The largest absolute Gasteiger partial charge is 0.490 e. The van der Waals surface area contributed by atoms with Crippen LogP contribution in [0.5, 0.6) is 11.5 Å². The van der Waals surface area contributed by atoms with Gasteiger partial charge in [-0.1, -0.05) is 12.1 Å². The van der Waals surface area contributed by atoms with E-state index in [1.807, 2.05) is 36.7 Å². The van der Waals surface area contributed by atoms with Crippen molar-refractivity contribution in [3.8, 4) is 22.6 Å². The fourth-order valence-electron chi connectivity index (χ4n) is 2.81. The second kappa shape index (κ2) is 8.45. The third kappa shape index (κ3) is 4.42. The SMILES string of the molecule is N[C@@H](COc1cccnc1)COc1cncc(-c2ccc3cnccc3c2)c1. The van der Waals surface area contributed by atoms with E-state index in [-0.39, 0.29) is 6.04 Å². The molecule has 140 valence electrons. The molecule has 1 atom stereocenters. The molecule has 0 amide bonds. The molecule has 4 aromatic rings. The van der Waals surface area contributed by atoms with Crippen molar-refractivity contribution < 1.29 is 9.47 Å². The zero-order chi connectivity index (χ0) is 19.2. The molecule has 0 spiro atoms. The standard InChI is InChI=1S/C22H20N4O2/c23-20(14-27-21-2-1-6-24-12-21)15-28-22-9-19(11-26-13-22)16-3-4-18-10-25-7-5-17(18)8-16/h1-13,20H,14-15,23H2/t20-/m0/s1. The summed E-state index contributed by atoms with van der Waals surface area (Å²) in [6.45, 7) is 0.673.